The SMILES string of the molecule is CCCCOC(=O)C1CN(C(C)=O)CCC1=O. The third-order valence-electron chi connectivity index (χ3n) is 2.89. The second-order valence-corrected chi connectivity index (χ2v) is 4.25. The number of amides is 1. The van der Waals surface area contributed by atoms with Crippen molar-refractivity contribution in [3.05, 3.63) is 0 Å². The van der Waals surface area contributed by atoms with Crippen LogP contribution < -0.4 is 0 Å². The van der Waals surface area contributed by atoms with Gasteiger partial charge in [0.05, 0.1) is 6.61 Å². The highest BCUT2D eigenvalue weighted by molar-refractivity contribution is 6.00. The van der Waals surface area contributed by atoms with E-state index in [-0.39, 0.29) is 24.7 Å². The summed E-state index contributed by atoms with van der Waals surface area (Å²) in [6.07, 6.45) is 1.97. The lowest BCUT2D eigenvalue weighted by molar-refractivity contribution is -0.155. The maximum atomic E-state index is 11.7. The van der Waals surface area contributed by atoms with Gasteiger partial charge >= 0.3 is 5.97 Å². The van der Waals surface area contributed by atoms with Gasteiger partial charge in [0.15, 0.2) is 5.78 Å². The highest BCUT2D eigenvalue weighted by atomic mass is 16.5. The number of Topliss-reactive ketones (excluding diaryl/α,β-unsaturated/α-hetero) is 1. The predicted molar refractivity (Wildman–Crippen MR) is 61.2 cm³/mol. The van der Waals surface area contributed by atoms with Crippen molar-refractivity contribution in [3.8, 4) is 0 Å². The van der Waals surface area contributed by atoms with Crippen molar-refractivity contribution in [3.63, 3.8) is 0 Å². The molecule has 0 spiro atoms. The molecule has 1 saturated heterocycles. The molecule has 1 aliphatic heterocycles. The average molecular weight is 241 g/mol. The Morgan fingerprint density at radius 3 is 2.76 bits per heavy atom. The fourth-order valence-corrected chi connectivity index (χ4v) is 1.74. The average Bonchev–Trinajstić information content (AvgIpc) is 2.29. The standard InChI is InChI=1S/C12H19NO4/c1-3-4-7-17-12(16)10-8-13(9(2)14)6-5-11(10)15/h10H,3-8H2,1-2H3. The third-order valence-corrected chi connectivity index (χ3v) is 2.89. The van der Waals surface area contributed by atoms with Gasteiger partial charge in [-0.2, -0.15) is 0 Å². The van der Waals surface area contributed by atoms with E-state index in [0.717, 1.165) is 12.8 Å². The first-order valence-corrected chi connectivity index (χ1v) is 6.01. The number of rotatable bonds is 4. The quantitative estimate of drug-likeness (QED) is 0.414. The van der Waals surface area contributed by atoms with Crippen molar-refractivity contribution in [1.29, 1.82) is 0 Å². The predicted octanol–water partition coefficient (Wildman–Crippen LogP) is 0.767. The van der Waals surface area contributed by atoms with Crippen LogP contribution in [0.25, 0.3) is 0 Å². The Kier molecular flexibility index (Phi) is 5.12. The smallest absolute Gasteiger partial charge is 0.318 e. The number of likely N-dealkylation sites (tertiary alicyclic amines) is 1. The Morgan fingerprint density at radius 2 is 2.18 bits per heavy atom. The Labute approximate surface area is 101 Å². The summed E-state index contributed by atoms with van der Waals surface area (Å²) in [5.74, 6) is -1.51. The second-order valence-electron chi connectivity index (χ2n) is 4.25. The van der Waals surface area contributed by atoms with Crippen LogP contribution in [0.1, 0.15) is 33.1 Å². The number of ether oxygens (including phenoxy) is 1. The van der Waals surface area contributed by atoms with Gasteiger partial charge < -0.3 is 9.64 Å². The highest BCUT2D eigenvalue weighted by Gasteiger charge is 2.34. The maximum absolute atomic E-state index is 11.7. The molecule has 0 radical (unpaired) electrons. The Hall–Kier alpha value is -1.39. The van der Waals surface area contributed by atoms with Crippen LogP contribution >= 0.6 is 0 Å². The van der Waals surface area contributed by atoms with Gasteiger partial charge in [-0.05, 0) is 6.42 Å². The molecule has 0 aliphatic carbocycles. The van der Waals surface area contributed by atoms with Crippen molar-refractivity contribution in [2.45, 2.75) is 33.1 Å². The molecular formula is C12H19NO4. The molecule has 1 rings (SSSR count). The van der Waals surface area contributed by atoms with Crippen LogP contribution in [-0.4, -0.2) is 42.3 Å². The lowest BCUT2D eigenvalue weighted by Crippen LogP contribution is -2.46. The van der Waals surface area contributed by atoms with E-state index in [1.165, 1.54) is 11.8 Å². The molecule has 0 saturated carbocycles. The minimum absolute atomic E-state index is 0.108. The lowest BCUT2D eigenvalue weighted by atomic mass is 9.96. The molecule has 96 valence electrons. The summed E-state index contributed by atoms with van der Waals surface area (Å²) in [6, 6.07) is 0. The minimum Gasteiger partial charge on any atom is -0.465 e. The van der Waals surface area contributed by atoms with E-state index in [1.807, 2.05) is 6.92 Å². The zero-order chi connectivity index (χ0) is 12.8. The van der Waals surface area contributed by atoms with E-state index >= 15 is 0 Å². The summed E-state index contributed by atoms with van der Waals surface area (Å²) in [6.45, 7) is 4.36. The van der Waals surface area contributed by atoms with Crippen LogP contribution in [0.2, 0.25) is 0 Å². The first-order valence-electron chi connectivity index (χ1n) is 6.01. The van der Waals surface area contributed by atoms with Gasteiger partial charge in [-0.15, -0.1) is 0 Å². The van der Waals surface area contributed by atoms with Crippen molar-refractivity contribution >= 4 is 17.7 Å². The Morgan fingerprint density at radius 1 is 1.47 bits per heavy atom. The molecule has 0 aromatic carbocycles. The van der Waals surface area contributed by atoms with E-state index < -0.39 is 11.9 Å². The van der Waals surface area contributed by atoms with Crippen molar-refractivity contribution in [2.75, 3.05) is 19.7 Å². The number of nitrogens with zero attached hydrogens (tertiary/aromatic N) is 1. The van der Waals surface area contributed by atoms with E-state index in [0.29, 0.717) is 13.2 Å². The molecule has 5 nitrogen and oxygen atoms in total. The van der Waals surface area contributed by atoms with Crippen LogP contribution in [0.15, 0.2) is 0 Å². The van der Waals surface area contributed by atoms with E-state index in [2.05, 4.69) is 0 Å². The van der Waals surface area contributed by atoms with Crippen LogP contribution in [0.3, 0.4) is 0 Å². The van der Waals surface area contributed by atoms with E-state index in [1.54, 1.807) is 0 Å². The zero-order valence-electron chi connectivity index (χ0n) is 10.4. The van der Waals surface area contributed by atoms with E-state index in [4.69, 9.17) is 4.74 Å². The first kappa shape index (κ1) is 13.7. The summed E-state index contributed by atoms with van der Waals surface area (Å²) in [4.78, 5) is 36.0. The molecule has 0 aromatic heterocycles. The molecule has 0 aromatic rings. The van der Waals surface area contributed by atoms with Crippen molar-refractivity contribution in [2.24, 2.45) is 5.92 Å². The number of hydrogen-bond donors (Lipinski definition) is 0. The molecule has 1 fully saturated rings. The van der Waals surface area contributed by atoms with Crippen LogP contribution in [0.5, 0.6) is 0 Å². The molecule has 5 heteroatoms. The monoisotopic (exact) mass is 241 g/mol. The minimum atomic E-state index is -0.787. The molecule has 1 aliphatic rings. The Balaban J connectivity index is 2.51. The fraction of sp³-hybridized carbons (Fsp3) is 0.750. The van der Waals surface area contributed by atoms with Gasteiger partial charge in [0.1, 0.15) is 5.92 Å². The summed E-state index contributed by atoms with van der Waals surface area (Å²) in [5, 5.41) is 0. The van der Waals surface area contributed by atoms with Crippen molar-refractivity contribution in [1.82, 2.24) is 4.90 Å². The van der Waals surface area contributed by atoms with Gasteiger partial charge in [-0.1, -0.05) is 13.3 Å². The normalized spacial score (nSPS) is 20.2. The molecule has 0 N–H and O–H groups in total. The van der Waals surface area contributed by atoms with Gasteiger partial charge in [-0.25, -0.2) is 0 Å². The fourth-order valence-electron chi connectivity index (χ4n) is 1.74. The Bertz CT molecular complexity index is 314. The molecule has 17 heavy (non-hydrogen) atoms. The van der Waals surface area contributed by atoms with Crippen molar-refractivity contribution < 1.29 is 19.1 Å². The first-order chi connectivity index (χ1) is 8.06. The number of ketones is 1. The number of esters is 1. The third kappa shape index (κ3) is 3.84. The van der Waals surface area contributed by atoms with Gasteiger partial charge in [0.25, 0.3) is 0 Å². The summed E-state index contributed by atoms with van der Waals surface area (Å²) in [7, 11) is 0. The second kappa shape index (κ2) is 6.37. The number of hydrogen-bond acceptors (Lipinski definition) is 4. The molecular weight excluding hydrogens is 222 g/mol. The van der Waals surface area contributed by atoms with Gasteiger partial charge in [0.2, 0.25) is 5.91 Å². The largest absolute Gasteiger partial charge is 0.465 e. The summed E-state index contributed by atoms with van der Waals surface area (Å²) in [5.41, 5.74) is 0. The molecule has 1 heterocycles. The molecule has 1 unspecified atom stereocenters. The maximum Gasteiger partial charge on any atom is 0.318 e. The van der Waals surface area contributed by atoms with Crippen LogP contribution in [0.4, 0.5) is 0 Å². The summed E-state index contributed by atoms with van der Waals surface area (Å²) >= 11 is 0. The molecule has 0 bridgehead atoms. The topological polar surface area (TPSA) is 63.7 Å². The van der Waals surface area contributed by atoms with Crippen LogP contribution in [-0.2, 0) is 19.1 Å². The number of carbonyl (C=O) groups excluding carboxylic acids is 3. The van der Waals surface area contributed by atoms with Crippen LogP contribution in [0, 0.1) is 5.92 Å². The summed E-state index contributed by atoms with van der Waals surface area (Å²) < 4.78 is 5.02. The van der Waals surface area contributed by atoms with Gasteiger partial charge in [0, 0.05) is 26.4 Å². The highest BCUT2D eigenvalue weighted by Crippen LogP contribution is 2.15. The number of piperidine rings is 1. The number of unbranched alkanes of at least 4 members (excludes halogenated alkanes) is 1. The molecule has 1 amide bonds. The molecule has 1 atom stereocenters. The van der Waals surface area contributed by atoms with E-state index in [9.17, 15) is 14.4 Å². The lowest BCUT2D eigenvalue weighted by Gasteiger charge is -2.29. The number of carbonyl (C=O) groups is 3. The van der Waals surface area contributed by atoms with Gasteiger partial charge in [-0.3, -0.25) is 14.4 Å². The zero-order valence-corrected chi connectivity index (χ0v) is 10.4.